The van der Waals surface area contributed by atoms with Gasteiger partial charge < -0.3 is 10.1 Å². The highest BCUT2D eigenvalue weighted by Crippen LogP contribution is 2.18. The van der Waals surface area contributed by atoms with Gasteiger partial charge in [-0.1, -0.05) is 36.4 Å². The van der Waals surface area contributed by atoms with Crippen LogP contribution in [0.1, 0.15) is 25.3 Å². The quantitative estimate of drug-likeness (QED) is 0.558. The number of carbonyl (C=O) groups excluding carboxylic acids is 1. The maximum Gasteiger partial charge on any atom is 0.323 e. The predicted molar refractivity (Wildman–Crippen MR) is 97.9 cm³/mol. The first-order valence-corrected chi connectivity index (χ1v) is 9.00. The molecule has 2 rings (SSSR count). The van der Waals surface area contributed by atoms with E-state index in [0.29, 0.717) is 25.5 Å². The molecule has 1 saturated heterocycles. The largest absolute Gasteiger partial charge is 0.465 e. The molecule has 0 aliphatic carbocycles. The molecule has 4 nitrogen and oxygen atoms in total. The molecular formula is C20H30N2O2. The van der Waals surface area contributed by atoms with Crippen molar-refractivity contribution < 1.29 is 9.53 Å². The molecule has 1 aromatic carbocycles. The molecular weight excluding hydrogens is 300 g/mol. The summed E-state index contributed by atoms with van der Waals surface area (Å²) >= 11 is 0. The van der Waals surface area contributed by atoms with Crippen molar-refractivity contribution in [3.05, 3.63) is 48.6 Å². The van der Waals surface area contributed by atoms with Crippen LogP contribution in [0.3, 0.4) is 0 Å². The number of benzene rings is 1. The van der Waals surface area contributed by atoms with Crippen LogP contribution < -0.4 is 5.32 Å². The molecule has 0 amide bonds. The van der Waals surface area contributed by atoms with Gasteiger partial charge in [0.15, 0.2) is 0 Å². The minimum atomic E-state index is -0.250. The van der Waals surface area contributed by atoms with Gasteiger partial charge in [-0.05, 0) is 50.8 Å². The number of esters is 1. The van der Waals surface area contributed by atoms with Crippen molar-refractivity contribution in [2.24, 2.45) is 5.92 Å². The summed E-state index contributed by atoms with van der Waals surface area (Å²) in [6.07, 6.45) is 4.89. The molecule has 24 heavy (non-hydrogen) atoms. The fraction of sp³-hybridized carbons (Fsp3) is 0.550. The van der Waals surface area contributed by atoms with E-state index in [9.17, 15) is 4.79 Å². The number of hydrogen-bond acceptors (Lipinski definition) is 4. The molecule has 1 aromatic rings. The topological polar surface area (TPSA) is 41.6 Å². The highest BCUT2D eigenvalue weighted by Gasteiger charge is 2.29. The molecule has 132 valence electrons. The van der Waals surface area contributed by atoms with Crippen LogP contribution in [-0.2, 0) is 16.0 Å². The molecule has 0 radical (unpaired) electrons. The van der Waals surface area contributed by atoms with E-state index >= 15 is 0 Å². The van der Waals surface area contributed by atoms with Gasteiger partial charge in [0.05, 0.1) is 6.61 Å². The Hall–Kier alpha value is -1.65. The van der Waals surface area contributed by atoms with Gasteiger partial charge in [0, 0.05) is 13.1 Å². The second-order valence-electron chi connectivity index (χ2n) is 6.39. The van der Waals surface area contributed by atoms with E-state index in [0.717, 1.165) is 38.0 Å². The lowest BCUT2D eigenvalue weighted by Gasteiger charge is -2.34. The first-order valence-electron chi connectivity index (χ1n) is 9.00. The molecule has 1 unspecified atom stereocenters. The summed E-state index contributed by atoms with van der Waals surface area (Å²) in [5, 5.41) is 3.40. The van der Waals surface area contributed by atoms with Crippen molar-refractivity contribution in [3.63, 3.8) is 0 Å². The lowest BCUT2D eigenvalue weighted by Crippen LogP contribution is -2.47. The summed E-state index contributed by atoms with van der Waals surface area (Å²) in [6.45, 7) is 9.92. The number of rotatable bonds is 9. The van der Waals surface area contributed by atoms with Crippen LogP contribution in [0, 0.1) is 5.92 Å². The van der Waals surface area contributed by atoms with E-state index in [1.165, 1.54) is 0 Å². The lowest BCUT2D eigenvalue weighted by molar-refractivity contribution is -0.149. The molecule has 1 aliphatic rings. The molecule has 1 fully saturated rings. The smallest absolute Gasteiger partial charge is 0.323 e. The van der Waals surface area contributed by atoms with Gasteiger partial charge in [-0.15, -0.1) is 6.58 Å². The Morgan fingerprint density at radius 3 is 2.71 bits per heavy atom. The normalized spacial score (nSPS) is 16.8. The predicted octanol–water partition coefficient (Wildman–Crippen LogP) is 2.65. The zero-order valence-corrected chi connectivity index (χ0v) is 14.7. The maximum atomic E-state index is 12.6. The highest BCUT2D eigenvalue weighted by molar-refractivity contribution is 5.76. The second-order valence-corrected chi connectivity index (χ2v) is 6.39. The van der Waals surface area contributed by atoms with Crippen LogP contribution in [0.5, 0.6) is 0 Å². The van der Waals surface area contributed by atoms with Gasteiger partial charge in [-0.3, -0.25) is 9.69 Å². The molecule has 0 bridgehead atoms. The van der Waals surface area contributed by atoms with Crippen LogP contribution in [0.25, 0.3) is 0 Å². The molecule has 0 aromatic heterocycles. The standard InChI is InChI=1S/C20H30N2O2/c1-3-14-22(16-18-10-12-21-13-11-18)19(20(23)24-4-2)15-17-8-6-5-7-9-17/h3,5-9,18-19,21H,1,4,10-16H2,2H3. The van der Waals surface area contributed by atoms with E-state index < -0.39 is 0 Å². The van der Waals surface area contributed by atoms with Gasteiger partial charge in [-0.2, -0.15) is 0 Å². The molecule has 0 saturated carbocycles. The third-order valence-electron chi connectivity index (χ3n) is 4.59. The molecule has 0 spiro atoms. The van der Waals surface area contributed by atoms with Crippen LogP contribution in [0.2, 0.25) is 0 Å². The number of nitrogens with one attached hydrogen (secondary N) is 1. The Bertz CT molecular complexity index is 498. The van der Waals surface area contributed by atoms with Crippen LogP contribution in [-0.4, -0.2) is 49.7 Å². The van der Waals surface area contributed by atoms with E-state index in [1.54, 1.807) is 0 Å². The third-order valence-corrected chi connectivity index (χ3v) is 4.59. The minimum Gasteiger partial charge on any atom is -0.465 e. The van der Waals surface area contributed by atoms with Crippen molar-refractivity contribution in [2.75, 3.05) is 32.8 Å². The molecule has 1 atom stereocenters. The van der Waals surface area contributed by atoms with Crippen LogP contribution >= 0.6 is 0 Å². The van der Waals surface area contributed by atoms with Crippen LogP contribution in [0.4, 0.5) is 0 Å². The Labute approximate surface area is 145 Å². The van der Waals surface area contributed by atoms with E-state index in [4.69, 9.17) is 4.74 Å². The first kappa shape index (κ1) is 18.7. The van der Waals surface area contributed by atoms with Crippen LogP contribution in [0.15, 0.2) is 43.0 Å². The zero-order chi connectivity index (χ0) is 17.2. The Balaban J connectivity index is 2.12. The summed E-state index contributed by atoms with van der Waals surface area (Å²) in [5.74, 6) is 0.496. The van der Waals surface area contributed by atoms with Gasteiger partial charge >= 0.3 is 5.97 Å². The minimum absolute atomic E-state index is 0.128. The second kappa shape index (κ2) is 10.3. The van der Waals surface area contributed by atoms with Crippen molar-refractivity contribution in [1.82, 2.24) is 10.2 Å². The van der Waals surface area contributed by atoms with Crippen molar-refractivity contribution in [2.45, 2.75) is 32.2 Å². The fourth-order valence-electron chi connectivity index (χ4n) is 3.33. The van der Waals surface area contributed by atoms with Gasteiger partial charge in [0.25, 0.3) is 0 Å². The van der Waals surface area contributed by atoms with Gasteiger partial charge in [0.2, 0.25) is 0 Å². The molecule has 1 aliphatic heterocycles. The van der Waals surface area contributed by atoms with Crippen molar-refractivity contribution >= 4 is 5.97 Å². The number of ether oxygens (including phenoxy) is 1. The summed E-state index contributed by atoms with van der Waals surface area (Å²) in [5.41, 5.74) is 1.16. The fourth-order valence-corrected chi connectivity index (χ4v) is 3.33. The summed E-state index contributed by atoms with van der Waals surface area (Å²) in [7, 11) is 0. The molecule has 4 heteroatoms. The third kappa shape index (κ3) is 5.77. The van der Waals surface area contributed by atoms with Gasteiger partial charge in [-0.25, -0.2) is 0 Å². The number of hydrogen-bond donors (Lipinski definition) is 1. The molecule has 1 N–H and O–H groups in total. The van der Waals surface area contributed by atoms with Crippen molar-refractivity contribution in [3.8, 4) is 0 Å². The monoisotopic (exact) mass is 330 g/mol. The van der Waals surface area contributed by atoms with Crippen molar-refractivity contribution in [1.29, 1.82) is 0 Å². The first-order chi connectivity index (χ1) is 11.7. The molecule has 1 heterocycles. The number of piperidine rings is 1. The lowest BCUT2D eigenvalue weighted by atomic mass is 9.95. The summed E-state index contributed by atoms with van der Waals surface area (Å²) in [4.78, 5) is 14.8. The SMILES string of the molecule is C=CCN(CC1CCNCC1)C(Cc1ccccc1)C(=O)OCC. The Morgan fingerprint density at radius 1 is 1.38 bits per heavy atom. The maximum absolute atomic E-state index is 12.6. The zero-order valence-electron chi connectivity index (χ0n) is 14.7. The number of carbonyl (C=O) groups is 1. The van der Waals surface area contributed by atoms with E-state index in [-0.39, 0.29) is 12.0 Å². The average Bonchev–Trinajstić information content (AvgIpc) is 2.61. The summed E-state index contributed by atoms with van der Waals surface area (Å²) < 4.78 is 5.37. The Morgan fingerprint density at radius 2 is 2.08 bits per heavy atom. The highest BCUT2D eigenvalue weighted by atomic mass is 16.5. The number of nitrogens with zero attached hydrogens (tertiary/aromatic N) is 1. The Kier molecular flexibility index (Phi) is 7.99. The average molecular weight is 330 g/mol. The van der Waals surface area contributed by atoms with E-state index in [2.05, 4.69) is 28.9 Å². The summed E-state index contributed by atoms with van der Waals surface area (Å²) in [6, 6.07) is 9.93. The van der Waals surface area contributed by atoms with E-state index in [1.807, 2.05) is 31.2 Å². The van der Waals surface area contributed by atoms with Gasteiger partial charge in [0.1, 0.15) is 6.04 Å².